The molecule has 0 unspecified atom stereocenters. The fourth-order valence-electron chi connectivity index (χ4n) is 0.944. The number of anilines is 1. The summed E-state index contributed by atoms with van der Waals surface area (Å²) in [5, 5.41) is 8.64. The quantitative estimate of drug-likeness (QED) is 0.879. The standard InChI is InChI=1S/C8H10BrFN2O/c1-12(2-3-13)8-7(10)4-6(9)5-11-8/h4-5,13H,2-3H2,1H3. The lowest BCUT2D eigenvalue weighted by atomic mass is 10.4. The molecule has 1 heterocycles. The highest BCUT2D eigenvalue weighted by Crippen LogP contribution is 2.18. The summed E-state index contributed by atoms with van der Waals surface area (Å²) in [6.07, 6.45) is 1.52. The average Bonchev–Trinajstić information content (AvgIpc) is 2.04. The second-order valence-electron chi connectivity index (χ2n) is 2.60. The Labute approximate surface area is 84.3 Å². The smallest absolute Gasteiger partial charge is 0.166 e. The maximum absolute atomic E-state index is 13.2. The van der Waals surface area contributed by atoms with E-state index in [0.29, 0.717) is 11.0 Å². The first-order valence-electron chi connectivity index (χ1n) is 3.78. The zero-order valence-corrected chi connectivity index (χ0v) is 8.75. The van der Waals surface area contributed by atoms with Crippen molar-refractivity contribution in [3.63, 3.8) is 0 Å². The maximum Gasteiger partial charge on any atom is 0.166 e. The molecule has 5 heteroatoms. The minimum atomic E-state index is -0.398. The van der Waals surface area contributed by atoms with Crippen molar-refractivity contribution in [1.82, 2.24) is 4.98 Å². The highest BCUT2D eigenvalue weighted by molar-refractivity contribution is 9.10. The van der Waals surface area contributed by atoms with Crippen molar-refractivity contribution in [1.29, 1.82) is 0 Å². The predicted octanol–water partition coefficient (Wildman–Crippen LogP) is 1.41. The van der Waals surface area contributed by atoms with E-state index in [1.165, 1.54) is 12.3 Å². The van der Waals surface area contributed by atoms with Crippen molar-refractivity contribution in [2.24, 2.45) is 0 Å². The summed E-state index contributed by atoms with van der Waals surface area (Å²) < 4.78 is 13.8. The van der Waals surface area contributed by atoms with Gasteiger partial charge in [0.1, 0.15) is 0 Å². The van der Waals surface area contributed by atoms with E-state index in [4.69, 9.17) is 5.11 Å². The van der Waals surface area contributed by atoms with Crippen LogP contribution in [-0.2, 0) is 0 Å². The summed E-state index contributed by atoms with van der Waals surface area (Å²) in [5.41, 5.74) is 0. The predicted molar refractivity (Wildman–Crippen MR) is 52.3 cm³/mol. The number of pyridine rings is 1. The first kappa shape index (κ1) is 10.4. The Morgan fingerprint density at radius 1 is 1.69 bits per heavy atom. The van der Waals surface area contributed by atoms with Gasteiger partial charge < -0.3 is 10.0 Å². The number of nitrogens with zero attached hydrogens (tertiary/aromatic N) is 2. The van der Waals surface area contributed by atoms with E-state index in [1.807, 2.05) is 0 Å². The molecule has 0 aliphatic rings. The minimum absolute atomic E-state index is 0.0202. The molecule has 0 bridgehead atoms. The van der Waals surface area contributed by atoms with Gasteiger partial charge in [0, 0.05) is 24.3 Å². The summed E-state index contributed by atoms with van der Waals surface area (Å²) in [6.45, 7) is 0.346. The highest BCUT2D eigenvalue weighted by atomic mass is 79.9. The van der Waals surface area contributed by atoms with E-state index in [-0.39, 0.29) is 12.4 Å². The molecule has 0 spiro atoms. The molecule has 0 saturated heterocycles. The van der Waals surface area contributed by atoms with Gasteiger partial charge in [0.2, 0.25) is 0 Å². The fourth-order valence-corrected chi connectivity index (χ4v) is 1.25. The Morgan fingerprint density at radius 3 is 2.92 bits per heavy atom. The Bertz CT molecular complexity index is 295. The SMILES string of the molecule is CN(CCO)c1ncc(Br)cc1F. The lowest BCUT2D eigenvalue weighted by molar-refractivity contribution is 0.303. The second kappa shape index (κ2) is 4.53. The summed E-state index contributed by atoms with van der Waals surface area (Å²) >= 11 is 3.11. The van der Waals surface area contributed by atoms with Crippen LogP contribution in [0.2, 0.25) is 0 Å². The summed E-state index contributed by atoms with van der Waals surface area (Å²) in [6, 6.07) is 1.34. The van der Waals surface area contributed by atoms with Crippen molar-refractivity contribution >= 4 is 21.7 Å². The third-order valence-corrected chi connectivity index (χ3v) is 2.02. The van der Waals surface area contributed by atoms with Crippen molar-refractivity contribution < 1.29 is 9.50 Å². The number of aromatic nitrogens is 1. The van der Waals surface area contributed by atoms with Crippen LogP contribution in [0.5, 0.6) is 0 Å². The van der Waals surface area contributed by atoms with Crippen LogP contribution in [0, 0.1) is 5.82 Å². The van der Waals surface area contributed by atoms with E-state index in [2.05, 4.69) is 20.9 Å². The molecule has 1 aromatic rings. The van der Waals surface area contributed by atoms with Crippen LogP contribution in [0.1, 0.15) is 0 Å². The normalized spacial score (nSPS) is 10.2. The number of hydrogen-bond donors (Lipinski definition) is 1. The number of aliphatic hydroxyl groups excluding tert-OH is 1. The molecule has 1 rings (SSSR count). The number of halogens is 2. The van der Waals surface area contributed by atoms with Gasteiger partial charge in [-0.2, -0.15) is 0 Å². The van der Waals surface area contributed by atoms with E-state index < -0.39 is 5.82 Å². The van der Waals surface area contributed by atoms with Crippen LogP contribution in [-0.4, -0.2) is 30.3 Å². The van der Waals surface area contributed by atoms with Crippen LogP contribution in [0.4, 0.5) is 10.2 Å². The third kappa shape index (κ3) is 2.63. The number of likely N-dealkylation sites (N-methyl/N-ethyl adjacent to an activating group) is 1. The van der Waals surface area contributed by atoms with Gasteiger partial charge in [-0.3, -0.25) is 0 Å². The molecule has 0 saturated carbocycles. The topological polar surface area (TPSA) is 36.4 Å². The van der Waals surface area contributed by atoms with Gasteiger partial charge >= 0.3 is 0 Å². The first-order valence-corrected chi connectivity index (χ1v) is 4.57. The van der Waals surface area contributed by atoms with E-state index in [0.717, 1.165) is 0 Å². The zero-order valence-electron chi connectivity index (χ0n) is 7.17. The van der Waals surface area contributed by atoms with E-state index >= 15 is 0 Å². The zero-order chi connectivity index (χ0) is 9.84. The lowest BCUT2D eigenvalue weighted by Crippen LogP contribution is -2.23. The molecule has 3 nitrogen and oxygen atoms in total. The van der Waals surface area contributed by atoms with Gasteiger partial charge in [-0.05, 0) is 22.0 Å². The maximum atomic E-state index is 13.2. The fraction of sp³-hybridized carbons (Fsp3) is 0.375. The summed E-state index contributed by atoms with van der Waals surface area (Å²) in [7, 11) is 1.68. The van der Waals surface area contributed by atoms with E-state index in [9.17, 15) is 4.39 Å². The monoisotopic (exact) mass is 248 g/mol. The van der Waals surface area contributed by atoms with Crippen LogP contribution in [0.15, 0.2) is 16.7 Å². The van der Waals surface area contributed by atoms with Crippen molar-refractivity contribution in [2.45, 2.75) is 0 Å². The Balaban J connectivity index is 2.88. The second-order valence-corrected chi connectivity index (χ2v) is 3.52. The first-order chi connectivity index (χ1) is 6.15. The molecule has 0 amide bonds. The molecule has 0 radical (unpaired) electrons. The summed E-state index contributed by atoms with van der Waals surface area (Å²) in [4.78, 5) is 5.45. The van der Waals surface area contributed by atoms with Crippen LogP contribution < -0.4 is 4.90 Å². The van der Waals surface area contributed by atoms with Gasteiger partial charge in [0.15, 0.2) is 11.6 Å². The minimum Gasteiger partial charge on any atom is -0.395 e. The molecular weight excluding hydrogens is 239 g/mol. The molecule has 0 fully saturated rings. The molecule has 1 N–H and O–H groups in total. The molecule has 1 aromatic heterocycles. The lowest BCUT2D eigenvalue weighted by Gasteiger charge is -2.16. The molecule has 0 aliphatic carbocycles. The number of aliphatic hydroxyl groups is 1. The third-order valence-electron chi connectivity index (χ3n) is 1.59. The summed E-state index contributed by atoms with van der Waals surface area (Å²) in [5.74, 6) is -0.150. The van der Waals surface area contributed by atoms with Gasteiger partial charge in [0.05, 0.1) is 6.61 Å². The van der Waals surface area contributed by atoms with Gasteiger partial charge in [-0.15, -0.1) is 0 Å². The molecular formula is C8H10BrFN2O. The van der Waals surface area contributed by atoms with Gasteiger partial charge in [0.25, 0.3) is 0 Å². The Hall–Kier alpha value is -0.680. The average molecular weight is 249 g/mol. The van der Waals surface area contributed by atoms with Crippen LogP contribution >= 0.6 is 15.9 Å². The molecule has 0 aliphatic heterocycles. The number of hydrogen-bond acceptors (Lipinski definition) is 3. The largest absolute Gasteiger partial charge is 0.395 e. The van der Waals surface area contributed by atoms with Gasteiger partial charge in [-0.25, -0.2) is 9.37 Å². The van der Waals surface area contributed by atoms with Crippen molar-refractivity contribution in [3.8, 4) is 0 Å². The molecule has 13 heavy (non-hydrogen) atoms. The number of rotatable bonds is 3. The van der Waals surface area contributed by atoms with Gasteiger partial charge in [-0.1, -0.05) is 0 Å². The van der Waals surface area contributed by atoms with Crippen molar-refractivity contribution in [3.05, 3.63) is 22.6 Å². The Kier molecular flexibility index (Phi) is 3.62. The highest BCUT2D eigenvalue weighted by Gasteiger charge is 2.08. The van der Waals surface area contributed by atoms with Crippen LogP contribution in [0.3, 0.4) is 0 Å². The van der Waals surface area contributed by atoms with E-state index in [1.54, 1.807) is 11.9 Å². The van der Waals surface area contributed by atoms with Crippen LogP contribution in [0.25, 0.3) is 0 Å². The molecule has 0 atom stereocenters. The van der Waals surface area contributed by atoms with Crippen molar-refractivity contribution in [2.75, 3.05) is 25.1 Å². The Morgan fingerprint density at radius 2 is 2.38 bits per heavy atom. The molecule has 72 valence electrons. The molecule has 0 aromatic carbocycles.